The smallest absolute Gasteiger partial charge is 0.163 e. The molecule has 2 aromatic carbocycles. The lowest BCUT2D eigenvalue weighted by Crippen LogP contribution is -2.37. The van der Waals surface area contributed by atoms with Gasteiger partial charge in [0.1, 0.15) is 6.07 Å². The van der Waals surface area contributed by atoms with Crippen molar-refractivity contribution in [3.05, 3.63) is 52.1 Å². The number of nitrogens with one attached hydrogen (secondary N) is 1. The third kappa shape index (κ3) is 8.13. The molecule has 3 aromatic rings. The van der Waals surface area contributed by atoms with Gasteiger partial charge in [0.25, 0.3) is 0 Å². The van der Waals surface area contributed by atoms with E-state index < -0.39 is 0 Å². The maximum absolute atomic E-state index is 9.88. The molecule has 0 radical (unpaired) electrons. The number of hydrogen-bond acceptors (Lipinski definition) is 9. The molecule has 41 heavy (non-hydrogen) atoms. The molecule has 0 amide bonds. The normalized spacial score (nSPS) is 16.4. The van der Waals surface area contributed by atoms with E-state index in [0.717, 1.165) is 83.9 Å². The number of benzene rings is 2. The molecule has 0 saturated carbocycles. The van der Waals surface area contributed by atoms with Gasteiger partial charge in [-0.25, -0.2) is 0 Å². The molecule has 3 heterocycles. The third-order valence-electron chi connectivity index (χ3n) is 7.20. The highest BCUT2D eigenvalue weighted by molar-refractivity contribution is 6.36. The van der Waals surface area contributed by atoms with Crippen molar-refractivity contribution in [2.24, 2.45) is 0 Å². The van der Waals surface area contributed by atoms with Crippen LogP contribution < -0.4 is 14.8 Å². The Hall–Kier alpha value is -2.84. The van der Waals surface area contributed by atoms with Crippen molar-refractivity contribution in [1.29, 1.82) is 5.26 Å². The quantitative estimate of drug-likeness (QED) is 0.276. The highest BCUT2D eigenvalue weighted by Crippen LogP contribution is 2.39. The van der Waals surface area contributed by atoms with Gasteiger partial charge in [-0.3, -0.25) is 14.8 Å². The maximum atomic E-state index is 9.88. The van der Waals surface area contributed by atoms with Crippen LogP contribution in [0.15, 0.2) is 36.5 Å². The van der Waals surface area contributed by atoms with Crippen LogP contribution >= 0.6 is 23.2 Å². The van der Waals surface area contributed by atoms with E-state index in [1.54, 1.807) is 24.4 Å². The summed E-state index contributed by atoms with van der Waals surface area (Å²) in [6.07, 6.45) is 3.31. The van der Waals surface area contributed by atoms with Gasteiger partial charge in [0.2, 0.25) is 0 Å². The van der Waals surface area contributed by atoms with Gasteiger partial charge in [-0.05, 0) is 37.1 Å². The Morgan fingerprint density at radius 1 is 0.878 bits per heavy atom. The number of nitrogens with zero attached hydrogens (tertiary/aromatic N) is 4. The van der Waals surface area contributed by atoms with Crippen LogP contribution in [0.1, 0.15) is 18.4 Å². The first-order chi connectivity index (χ1) is 20.1. The topological polar surface area (TPSA) is 92.1 Å². The monoisotopic (exact) mass is 599 g/mol. The minimum absolute atomic E-state index is 0.390. The lowest BCUT2D eigenvalue weighted by atomic mass is 10.1. The van der Waals surface area contributed by atoms with Crippen molar-refractivity contribution in [2.75, 3.05) is 84.2 Å². The number of nitriles is 1. The number of hydrogen-bond donors (Lipinski definition) is 1. The fourth-order valence-electron chi connectivity index (χ4n) is 4.96. The second-order valence-electron chi connectivity index (χ2n) is 10.0. The van der Waals surface area contributed by atoms with Gasteiger partial charge in [0.15, 0.2) is 11.5 Å². The number of aromatic nitrogens is 1. The van der Waals surface area contributed by atoms with Crippen LogP contribution in [0.4, 0.5) is 11.4 Å². The summed E-state index contributed by atoms with van der Waals surface area (Å²) in [4.78, 5) is 9.34. The second-order valence-corrected chi connectivity index (χ2v) is 10.9. The summed E-state index contributed by atoms with van der Waals surface area (Å²) in [5.74, 6) is 1.26. The molecular formula is C30H35Cl2N5O4. The van der Waals surface area contributed by atoms with Crippen LogP contribution in [0.25, 0.3) is 10.9 Å². The zero-order valence-corrected chi connectivity index (χ0v) is 24.6. The standard InChI is InChI=1S/C30H35Cl2N5O4/c31-23-3-4-26(25(32)17-23)35-30-22(20-33)21-34-27-19-29(41-12-2-6-37-9-15-39-16-10-37)28(18-24(27)30)40-11-1-5-36-7-13-38-14-8-36/h3-4,17-19,21H,1-2,5-16H2,(H,34,35). The highest BCUT2D eigenvalue weighted by Gasteiger charge is 2.17. The molecule has 0 bridgehead atoms. The van der Waals surface area contributed by atoms with E-state index in [1.807, 2.05) is 12.1 Å². The van der Waals surface area contributed by atoms with E-state index in [1.165, 1.54) is 0 Å². The fourth-order valence-corrected chi connectivity index (χ4v) is 5.42. The van der Waals surface area contributed by atoms with E-state index >= 15 is 0 Å². The van der Waals surface area contributed by atoms with E-state index in [0.29, 0.717) is 57.2 Å². The maximum Gasteiger partial charge on any atom is 0.163 e. The number of pyridine rings is 1. The molecule has 2 aliphatic heterocycles. The van der Waals surface area contributed by atoms with Crippen LogP contribution in [-0.4, -0.2) is 93.7 Å². The number of halogens is 2. The van der Waals surface area contributed by atoms with Crippen LogP contribution in [0, 0.1) is 11.3 Å². The van der Waals surface area contributed by atoms with E-state index in [2.05, 4.69) is 26.2 Å². The Balaban J connectivity index is 1.36. The summed E-state index contributed by atoms with van der Waals surface area (Å²) in [6, 6.07) is 11.2. The first kappa shape index (κ1) is 29.6. The molecule has 0 unspecified atom stereocenters. The summed E-state index contributed by atoms with van der Waals surface area (Å²) < 4.78 is 23.5. The van der Waals surface area contributed by atoms with E-state index in [-0.39, 0.29) is 0 Å². The lowest BCUT2D eigenvalue weighted by Gasteiger charge is -2.26. The number of anilines is 2. The van der Waals surface area contributed by atoms with E-state index in [9.17, 15) is 5.26 Å². The van der Waals surface area contributed by atoms with Gasteiger partial charge in [-0.15, -0.1) is 0 Å². The van der Waals surface area contributed by atoms with Crippen LogP contribution in [0.3, 0.4) is 0 Å². The van der Waals surface area contributed by atoms with Gasteiger partial charge in [-0.2, -0.15) is 5.26 Å². The van der Waals surface area contributed by atoms with Gasteiger partial charge in [0, 0.05) is 61.9 Å². The molecule has 1 aromatic heterocycles. The summed E-state index contributed by atoms with van der Waals surface area (Å²) >= 11 is 12.5. The summed E-state index contributed by atoms with van der Waals surface area (Å²) in [6.45, 7) is 9.86. The molecule has 0 atom stereocenters. The zero-order chi connectivity index (χ0) is 28.4. The molecule has 2 saturated heterocycles. The van der Waals surface area contributed by atoms with Gasteiger partial charge in [0.05, 0.1) is 67.1 Å². The van der Waals surface area contributed by atoms with Gasteiger partial charge >= 0.3 is 0 Å². The number of fused-ring (bicyclic) bond motifs is 1. The summed E-state index contributed by atoms with van der Waals surface area (Å²) in [5.41, 5.74) is 2.30. The average molecular weight is 601 g/mol. The van der Waals surface area contributed by atoms with Crippen LogP contribution in [0.5, 0.6) is 11.5 Å². The Bertz CT molecular complexity index is 1360. The molecule has 9 nitrogen and oxygen atoms in total. The first-order valence-electron chi connectivity index (χ1n) is 14.1. The molecule has 5 rings (SSSR count). The average Bonchev–Trinajstić information content (AvgIpc) is 3.00. The van der Waals surface area contributed by atoms with E-state index in [4.69, 9.17) is 42.1 Å². The minimum Gasteiger partial charge on any atom is -0.490 e. The molecule has 2 aliphatic rings. The van der Waals surface area contributed by atoms with Crippen molar-refractivity contribution in [3.8, 4) is 17.6 Å². The fraction of sp³-hybridized carbons (Fsp3) is 0.467. The molecule has 11 heteroatoms. The largest absolute Gasteiger partial charge is 0.490 e. The number of rotatable bonds is 12. The predicted octanol–water partition coefficient (Wildman–Crippen LogP) is 5.36. The molecule has 0 aliphatic carbocycles. The third-order valence-corrected chi connectivity index (χ3v) is 7.75. The van der Waals surface area contributed by atoms with Crippen molar-refractivity contribution < 1.29 is 18.9 Å². The molecule has 1 N–H and O–H groups in total. The lowest BCUT2D eigenvalue weighted by molar-refractivity contribution is 0.0353. The van der Waals surface area contributed by atoms with Crippen molar-refractivity contribution >= 4 is 45.5 Å². The predicted molar refractivity (Wildman–Crippen MR) is 161 cm³/mol. The van der Waals surface area contributed by atoms with Crippen LogP contribution in [-0.2, 0) is 9.47 Å². The summed E-state index contributed by atoms with van der Waals surface area (Å²) in [7, 11) is 0. The molecule has 218 valence electrons. The molecule has 0 spiro atoms. The first-order valence-corrected chi connectivity index (χ1v) is 14.8. The highest BCUT2D eigenvalue weighted by atomic mass is 35.5. The van der Waals surface area contributed by atoms with Crippen molar-refractivity contribution in [2.45, 2.75) is 12.8 Å². The molecular weight excluding hydrogens is 565 g/mol. The Morgan fingerprint density at radius 2 is 1.49 bits per heavy atom. The van der Waals surface area contributed by atoms with Crippen molar-refractivity contribution in [1.82, 2.24) is 14.8 Å². The van der Waals surface area contributed by atoms with Crippen LogP contribution in [0.2, 0.25) is 10.0 Å². The number of morpholine rings is 2. The Kier molecular flexibility index (Phi) is 10.8. The Labute approximate surface area is 250 Å². The van der Waals surface area contributed by atoms with Crippen molar-refractivity contribution in [3.63, 3.8) is 0 Å². The van der Waals surface area contributed by atoms with Gasteiger partial charge in [-0.1, -0.05) is 23.2 Å². The summed E-state index contributed by atoms with van der Waals surface area (Å²) in [5, 5.41) is 14.9. The second kappa shape index (κ2) is 14.9. The van der Waals surface area contributed by atoms with Gasteiger partial charge < -0.3 is 24.3 Å². The Morgan fingerprint density at radius 3 is 2.07 bits per heavy atom. The zero-order valence-electron chi connectivity index (χ0n) is 23.0. The molecule has 2 fully saturated rings. The number of ether oxygens (including phenoxy) is 4. The SMILES string of the molecule is N#Cc1cnc2cc(OCCCN3CCOCC3)c(OCCCN3CCOCC3)cc2c1Nc1ccc(Cl)cc1Cl. The minimum atomic E-state index is 0.390.